The topological polar surface area (TPSA) is 74.9 Å². The summed E-state index contributed by atoms with van der Waals surface area (Å²) in [6.07, 6.45) is 0.942. The molecule has 0 unspecified atom stereocenters. The predicted molar refractivity (Wildman–Crippen MR) is 106 cm³/mol. The summed E-state index contributed by atoms with van der Waals surface area (Å²) in [7, 11) is 0. The Hall–Kier alpha value is -2.67. The average Bonchev–Trinajstić information content (AvgIpc) is 3.12. The molecule has 1 aliphatic rings. The highest BCUT2D eigenvalue weighted by Crippen LogP contribution is 2.25. The van der Waals surface area contributed by atoms with Crippen LogP contribution in [0.5, 0.6) is 0 Å². The molecule has 0 saturated carbocycles. The lowest BCUT2D eigenvalue weighted by atomic mass is 10.1. The van der Waals surface area contributed by atoms with E-state index >= 15 is 0 Å². The summed E-state index contributed by atoms with van der Waals surface area (Å²) in [6.45, 7) is 0.927. The number of para-hydroxylation sites is 1. The van der Waals surface area contributed by atoms with Gasteiger partial charge in [-0.2, -0.15) is 0 Å². The number of hydrogen-bond acceptors (Lipinski definition) is 4. The first kappa shape index (κ1) is 18.7. The summed E-state index contributed by atoms with van der Waals surface area (Å²) in [6, 6.07) is 18.0. The molecule has 2 N–H and O–H groups in total. The molecule has 1 aliphatic heterocycles. The van der Waals surface area contributed by atoms with Gasteiger partial charge in [0.1, 0.15) is 0 Å². The van der Waals surface area contributed by atoms with E-state index < -0.39 is 12.2 Å². The molecule has 1 aromatic heterocycles. The highest BCUT2D eigenvalue weighted by atomic mass is 16.5. The van der Waals surface area contributed by atoms with Crippen LogP contribution in [0.15, 0.2) is 60.8 Å². The number of rotatable bonds is 5. The number of morpholine rings is 1. The van der Waals surface area contributed by atoms with Gasteiger partial charge in [0.05, 0.1) is 31.0 Å². The van der Waals surface area contributed by atoms with Crippen LogP contribution in [0.2, 0.25) is 0 Å². The SMILES string of the molecule is O=C(c1cn(Cc2ccccc2)c2ccccc12)N1C[C@@H](CO)O[C@H](CO)C1. The van der Waals surface area contributed by atoms with Crippen molar-refractivity contribution in [2.75, 3.05) is 26.3 Å². The molecule has 3 aromatic rings. The molecule has 0 bridgehead atoms. The minimum atomic E-state index is -0.479. The monoisotopic (exact) mass is 380 g/mol. The van der Waals surface area contributed by atoms with E-state index in [-0.39, 0.29) is 19.1 Å². The Balaban J connectivity index is 1.67. The highest BCUT2D eigenvalue weighted by Gasteiger charge is 2.31. The van der Waals surface area contributed by atoms with Crippen molar-refractivity contribution in [1.82, 2.24) is 9.47 Å². The Kier molecular flexibility index (Phi) is 5.43. The van der Waals surface area contributed by atoms with Crippen molar-refractivity contribution < 1.29 is 19.7 Å². The van der Waals surface area contributed by atoms with Crippen molar-refractivity contribution in [3.63, 3.8) is 0 Å². The van der Waals surface area contributed by atoms with Gasteiger partial charge < -0.3 is 24.4 Å². The molecule has 6 nitrogen and oxygen atoms in total. The first-order valence-corrected chi connectivity index (χ1v) is 9.48. The zero-order valence-electron chi connectivity index (χ0n) is 15.6. The van der Waals surface area contributed by atoms with E-state index in [1.165, 1.54) is 0 Å². The summed E-state index contributed by atoms with van der Waals surface area (Å²) in [5, 5.41) is 19.8. The molecule has 146 valence electrons. The van der Waals surface area contributed by atoms with Gasteiger partial charge in [0, 0.05) is 36.7 Å². The first-order chi connectivity index (χ1) is 13.7. The normalized spacial score (nSPS) is 19.9. The van der Waals surface area contributed by atoms with Crippen LogP contribution in [-0.2, 0) is 11.3 Å². The Morgan fingerprint density at radius 2 is 1.61 bits per heavy atom. The van der Waals surface area contributed by atoms with Gasteiger partial charge in [0.15, 0.2) is 0 Å². The Morgan fingerprint density at radius 1 is 0.964 bits per heavy atom. The van der Waals surface area contributed by atoms with Gasteiger partial charge in [-0.05, 0) is 11.6 Å². The maximum absolute atomic E-state index is 13.3. The van der Waals surface area contributed by atoms with E-state index in [4.69, 9.17) is 4.74 Å². The molecule has 1 amide bonds. The summed E-state index contributed by atoms with van der Waals surface area (Å²) >= 11 is 0. The Bertz CT molecular complexity index is 942. The molecule has 2 aromatic carbocycles. The van der Waals surface area contributed by atoms with E-state index in [1.54, 1.807) is 4.90 Å². The molecule has 0 spiro atoms. The molecule has 1 fully saturated rings. The van der Waals surface area contributed by atoms with Crippen LogP contribution >= 0.6 is 0 Å². The van der Waals surface area contributed by atoms with Crippen molar-refractivity contribution in [1.29, 1.82) is 0 Å². The molecule has 1 saturated heterocycles. The van der Waals surface area contributed by atoms with Gasteiger partial charge in [0.25, 0.3) is 5.91 Å². The number of carbonyl (C=O) groups excluding carboxylic acids is 1. The molecule has 28 heavy (non-hydrogen) atoms. The zero-order chi connectivity index (χ0) is 19.5. The van der Waals surface area contributed by atoms with Crippen LogP contribution in [0.4, 0.5) is 0 Å². The fourth-order valence-corrected chi connectivity index (χ4v) is 3.79. The second kappa shape index (κ2) is 8.14. The van der Waals surface area contributed by atoms with Gasteiger partial charge in [0.2, 0.25) is 0 Å². The van der Waals surface area contributed by atoms with Crippen LogP contribution in [0.3, 0.4) is 0 Å². The number of benzene rings is 2. The number of nitrogens with zero attached hydrogens (tertiary/aromatic N) is 2. The van der Waals surface area contributed by atoms with E-state index in [9.17, 15) is 15.0 Å². The number of carbonyl (C=O) groups is 1. The molecular weight excluding hydrogens is 356 g/mol. The molecular formula is C22H24N2O4. The maximum atomic E-state index is 13.3. The molecule has 0 aliphatic carbocycles. The zero-order valence-corrected chi connectivity index (χ0v) is 15.6. The molecule has 4 rings (SSSR count). The quantitative estimate of drug-likeness (QED) is 0.709. The molecule has 2 heterocycles. The van der Waals surface area contributed by atoms with Crippen molar-refractivity contribution in [3.8, 4) is 0 Å². The van der Waals surface area contributed by atoms with Gasteiger partial charge >= 0.3 is 0 Å². The number of aliphatic hydroxyl groups excluding tert-OH is 2. The second-order valence-electron chi connectivity index (χ2n) is 7.13. The molecule has 0 radical (unpaired) electrons. The minimum Gasteiger partial charge on any atom is -0.394 e. The van der Waals surface area contributed by atoms with Gasteiger partial charge in [-0.25, -0.2) is 0 Å². The van der Waals surface area contributed by atoms with Gasteiger partial charge in [-0.15, -0.1) is 0 Å². The maximum Gasteiger partial charge on any atom is 0.256 e. The van der Waals surface area contributed by atoms with E-state index in [0.717, 1.165) is 16.5 Å². The standard InChI is InChI=1S/C22H24N2O4/c25-14-17-11-24(12-18(15-26)28-17)22(27)20-13-23(10-16-6-2-1-3-7-16)21-9-5-4-8-19(20)21/h1-9,13,17-18,25-26H,10-12,14-15H2/t17-,18-/m0/s1. The van der Waals surface area contributed by atoms with Crippen molar-refractivity contribution >= 4 is 16.8 Å². The van der Waals surface area contributed by atoms with Crippen LogP contribution in [-0.4, -0.2) is 64.1 Å². The van der Waals surface area contributed by atoms with E-state index in [2.05, 4.69) is 16.7 Å². The lowest BCUT2D eigenvalue weighted by molar-refractivity contribution is -0.108. The number of ether oxygens (including phenoxy) is 1. The first-order valence-electron chi connectivity index (χ1n) is 9.48. The van der Waals surface area contributed by atoms with Gasteiger partial charge in [-0.3, -0.25) is 4.79 Å². The van der Waals surface area contributed by atoms with Crippen LogP contribution in [0, 0.1) is 0 Å². The van der Waals surface area contributed by atoms with Crippen molar-refractivity contribution in [2.24, 2.45) is 0 Å². The van der Waals surface area contributed by atoms with Crippen molar-refractivity contribution in [3.05, 3.63) is 71.9 Å². The number of amides is 1. The van der Waals surface area contributed by atoms with Crippen LogP contribution < -0.4 is 0 Å². The van der Waals surface area contributed by atoms with Crippen molar-refractivity contribution in [2.45, 2.75) is 18.8 Å². The minimum absolute atomic E-state index is 0.108. The fourth-order valence-electron chi connectivity index (χ4n) is 3.79. The molecule has 6 heteroatoms. The summed E-state index contributed by atoms with van der Waals surface area (Å²) in [5.74, 6) is -0.108. The third-order valence-corrected chi connectivity index (χ3v) is 5.14. The molecule has 2 atom stereocenters. The smallest absolute Gasteiger partial charge is 0.256 e. The summed E-state index contributed by atoms with van der Waals surface area (Å²) < 4.78 is 7.66. The van der Waals surface area contributed by atoms with Gasteiger partial charge in [-0.1, -0.05) is 48.5 Å². The summed E-state index contributed by atoms with van der Waals surface area (Å²) in [5.41, 5.74) is 2.79. The second-order valence-corrected chi connectivity index (χ2v) is 7.13. The fraction of sp³-hybridized carbons (Fsp3) is 0.318. The summed E-state index contributed by atoms with van der Waals surface area (Å²) in [4.78, 5) is 15.0. The predicted octanol–water partition coefficient (Wildman–Crippen LogP) is 1.88. The number of fused-ring (bicyclic) bond motifs is 1. The third kappa shape index (κ3) is 3.67. The highest BCUT2D eigenvalue weighted by molar-refractivity contribution is 6.07. The number of aromatic nitrogens is 1. The lowest BCUT2D eigenvalue weighted by Crippen LogP contribution is -2.52. The Labute approximate surface area is 163 Å². The van der Waals surface area contributed by atoms with E-state index in [0.29, 0.717) is 25.2 Å². The number of aliphatic hydroxyl groups is 2. The number of hydrogen-bond donors (Lipinski definition) is 2. The third-order valence-electron chi connectivity index (χ3n) is 5.14. The Morgan fingerprint density at radius 3 is 2.29 bits per heavy atom. The van der Waals surface area contributed by atoms with Crippen LogP contribution in [0.1, 0.15) is 15.9 Å². The average molecular weight is 380 g/mol. The van der Waals surface area contributed by atoms with E-state index in [1.807, 2.05) is 48.7 Å². The lowest BCUT2D eigenvalue weighted by Gasteiger charge is -2.36. The largest absolute Gasteiger partial charge is 0.394 e. The van der Waals surface area contributed by atoms with Crippen LogP contribution in [0.25, 0.3) is 10.9 Å².